The second kappa shape index (κ2) is 4.74. The first-order valence-corrected chi connectivity index (χ1v) is 9.27. The van der Waals surface area contributed by atoms with Gasteiger partial charge in [0.05, 0.1) is 25.4 Å². The van der Waals surface area contributed by atoms with E-state index in [0.29, 0.717) is 30.5 Å². The van der Waals surface area contributed by atoms with Crippen LogP contribution in [0.15, 0.2) is 35.9 Å². The Morgan fingerprint density at radius 1 is 1.33 bits per heavy atom. The average molecular weight is 323 g/mol. The summed E-state index contributed by atoms with van der Waals surface area (Å²) in [4.78, 5) is 0. The molecule has 0 radical (unpaired) electrons. The molecule has 1 aromatic carbocycles. The molecule has 4 aliphatic rings. The highest BCUT2D eigenvalue weighted by molar-refractivity contribution is 5.86. The highest BCUT2D eigenvalue weighted by atomic mass is 16.3. The maximum Gasteiger partial charge on any atom is 0.131 e. The van der Waals surface area contributed by atoms with Crippen molar-refractivity contribution in [1.82, 2.24) is 4.57 Å². The van der Waals surface area contributed by atoms with Crippen LogP contribution in [-0.2, 0) is 13.5 Å². The molecule has 0 spiro atoms. The molecule has 3 nitrogen and oxygen atoms in total. The van der Waals surface area contributed by atoms with E-state index in [1.165, 1.54) is 17.3 Å². The van der Waals surface area contributed by atoms with Crippen LogP contribution in [-0.4, -0.2) is 40.4 Å². The first-order chi connectivity index (χ1) is 11.6. The number of para-hydroxylation sites is 1. The van der Waals surface area contributed by atoms with E-state index in [0.717, 1.165) is 17.4 Å². The molecule has 4 aliphatic heterocycles. The number of aryl methyl sites for hydroxylation is 1. The fourth-order valence-corrected chi connectivity index (χ4v) is 6.40. The van der Waals surface area contributed by atoms with Gasteiger partial charge < -0.3 is 14.2 Å². The maximum absolute atomic E-state index is 10.2. The maximum atomic E-state index is 10.2. The third-order valence-corrected chi connectivity index (χ3v) is 7.53. The van der Waals surface area contributed by atoms with Crippen molar-refractivity contribution in [2.45, 2.75) is 31.8 Å². The van der Waals surface area contributed by atoms with E-state index in [1.807, 2.05) is 0 Å². The van der Waals surface area contributed by atoms with Crippen LogP contribution in [0, 0.1) is 11.8 Å². The van der Waals surface area contributed by atoms with Crippen LogP contribution in [0.3, 0.4) is 0 Å². The Morgan fingerprint density at radius 3 is 2.88 bits per heavy atom. The van der Waals surface area contributed by atoms with Crippen LogP contribution < -0.4 is 0 Å². The van der Waals surface area contributed by atoms with Gasteiger partial charge in [-0.2, -0.15) is 0 Å². The number of fused-ring (bicyclic) bond motifs is 4. The summed E-state index contributed by atoms with van der Waals surface area (Å²) in [5, 5.41) is 11.6. The number of aromatic nitrogens is 1. The van der Waals surface area contributed by atoms with E-state index < -0.39 is 0 Å². The van der Waals surface area contributed by atoms with E-state index in [9.17, 15) is 5.11 Å². The number of aliphatic hydroxyl groups is 1. The van der Waals surface area contributed by atoms with Crippen LogP contribution in [0.1, 0.15) is 30.6 Å². The van der Waals surface area contributed by atoms with Crippen molar-refractivity contribution in [2.75, 3.05) is 20.2 Å². The van der Waals surface area contributed by atoms with Crippen molar-refractivity contribution in [1.29, 1.82) is 0 Å². The van der Waals surface area contributed by atoms with Crippen LogP contribution >= 0.6 is 0 Å². The number of aliphatic hydroxyl groups excluding tert-OH is 1. The van der Waals surface area contributed by atoms with Gasteiger partial charge in [0.15, 0.2) is 0 Å². The van der Waals surface area contributed by atoms with Crippen molar-refractivity contribution < 1.29 is 9.59 Å². The smallest absolute Gasteiger partial charge is 0.131 e. The Morgan fingerprint density at radius 2 is 2.12 bits per heavy atom. The SMILES string of the molecule is C/C=C1/C[N+]2(C)[C@H]3C[C@@H]1C(CO)[C@@H]2Cc1c3n(C)c2ccccc12. The zero-order valence-corrected chi connectivity index (χ0v) is 14.9. The summed E-state index contributed by atoms with van der Waals surface area (Å²) in [5.74, 6) is 0.986. The van der Waals surface area contributed by atoms with Gasteiger partial charge in [0.25, 0.3) is 0 Å². The summed E-state index contributed by atoms with van der Waals surface area (Å²) < 4.78 is 3.55. The number of likely N-dealkylation sites (N-methyl/N-ethyl adjacent to an activating group) is 1. The molecule has 24 heavy (non-hydrogen) atoms. The fourth-order valence-electron chi connectivity index (χ4n) is 6.40. The van der Waals surface area contributed by atoms with Gasteiger partial charge in [-0.25, -0.2) is 0 Å². The number of hydrogen-bond donors (Lipinski definition) is 1. The molecule has 0 aliphatic carbocycles. The molecule has 1 N–H and O–H groups in total. The fraction of sp³-hybridized carbons (Fsp3) is 0.524. The molecule has 2 unspecified atom stereocenters. The number of rotatable bonds is 1. The highest BCUT2D eigenvalue weighted by Gasteiger charge is 2.61. The van der Waals surface area contributed by atoms with Gasteiger partial charge in [-0.1, -0.05) is 24.3 Å². The third kappa shape index (κ3) is 1.55. The van der Waals surface area contributed by atoms with Gasteiger partial charge in [-0.3, -0.25) is 0 Å². The molecule has 126 valence electrons. The molecule has 3 heteroatoms. The minimum Gasteiger partial charge on any atom is -0.396 e. The molecule has 5 heterocycles. The monoisotopic (exact) mass is 323 g/mol. The van der Waals surface area contributed by atoms with Crippen LogP contribution in [0.2, 0.25) is 0 Å². The topological polar surface area (TPSA) is 25.2 Å². The molecular weight excluding hydrogens is 296 g/mol. The summed E-state index contributed by atoms with van der Waals surface area (Å²) in [7, 11) is 4.69. The number of nitrogens with zero attached hydrogens (tertiary/aromatic N) is 2. The Balaban J connectivity index is 1.77. The lowest BCUT2D eigenvalue weighted by molar-refractivity contribution is -0.978. The van der Waals surface area contributed by atoms with Crippen LogP contribution in [0.4, 0.5) is 0 Å². The molecule has 0 amide bonds. The van der Waals surface area contributed by atoms with Gasteiger partial charge in [-0.15, -0.1) is 0 Å². The molecular formula is C21H27N2O+. The molecule has 3 saturated heterocycles. The number of allylic oxidation sites excluding steroid dienone is 1. The van der Waals surface area contributed by atoms with E-state index in [1.54, 1.807) is 16.8 Å². The lowest BCUT2D eigenvalue weighted by atomic mass is 9.62. The molecule has 2 aromatic rings. The van der Waals surface area contributed by atoms with Crippen molar-refractivity contribution in [3.63, 3.8) is 0 Å². The number of hydrogen-bond acceptors (Lipinski definition) is 1. The minimum atomic E-state index is 0.327. The average Bonchev–Trinajstić information content (AvgIpc) is 2.86. The van der Waals surface area contributed by atoms with Gasteiger partial charge in [0.1, 0.15) is 12.6 Å². The largest absolute Gasteiger partial charge is 0.396 e. The molecule has 5 atom stereocenters. The summed E-state index contributed by atoms with van der Waals surface area (Å²) in [5.41, 5.74) is 6.06. The van der Waals surface area contributed by atoms with Crippen LogP contribution in [0.25, 0.3) is 10.9 Å². The lowest BCUT2D eigenvalue weighted by Gasteiger charge is -2.63. The zero-order valence-electron chi connectivity index (χ0n) is 14.9. The Kier molecular flexibility index (Phi) is 2.91. The van der Waals surface area contributed by atoms with Crippen molar-refractivity contribution in [3.8, 4) is 0 Å². The predicted molar refractivity (Wildman–Crippen MR) is 96.6 cm³/mol. The van der Waals surface area contributed by atoms with E-state index >= 15 is 0 Å². The zero-order chi connectivity index (χ0) is 16.6. The standard InChI is InChI=1S/C21H27N2O/c1-4-13-11-23(3)19-10-16-14-7-5-6-8-18(14)22(2)21(16)20(23)9-15(13)17(19)12-24/h4-8,15,17,19-20,24H,9-12H2,1-3H3/q+1/b13-4-/t15-,17?,19-,20-,23?/m0/s1. The molecule has 1 aromatic heterocycles. The predicted octanol–water partition coefficient (Wildman–Crippen LogP) is 3.18. The number of benzene rings is 1. The van der Waals surface area contributed by atoms with E-state index in [2.05, 4.69) is 55.9 Å². The first kappa shape index (κ1) is 14.7. The number of piperidine rings is 3. The van der Waals surface area contributed by atoms with Gasteiger partial charge in [-0.05, 0) is 24.1 Å². The van der Waals surface area contributed by atoms with Crippen molar-refractivity contribution in [3.05, 3.63) is 47.2 Å². The van der Waals surface area contributed by atoms with Gasteiger partial charge in [0, 0.05) is 42.6 Å². The lowest BCUT2D eigenvalue weighted by Crippen LogP contribution is -2.70. The summed E-state index contributed by atoms with van der Waals surface area (Å²) in [6, 6.07) is 9.99. The summed E-state index contributed by atoms with van der Waals surface area (Å²) >= 11 is 0. The Bertz CT molecular complexity index is 864. The summed E-state index contributed by atoms with van der Waals surface area (Å²) in [6.45, 7) is 3.66. The minimum absolute atomic E-state index is 0.327. The quantitative estimate of drug-likeness (QED) is 0.633. The first-order valence-electron chi connectivity index (χ1n) is 9.27. The van der Waals surface area contributed by atoms with Crippen molar-refractivity contribution in [2.24, 2.45) is 18.9 Å². The second-order valence-electron chi connectivity index (χ2n) is 8.28. The summed E-state index contributed by atoms with van der Waals surface area (Å²) in [6.07, 6.45) is 4.62. The van der Waals surface area contributed by atoms with Gasteiger partial charge >= 0.3 is 0 Å². The van der Waals surface area contributed by atoms with E-state index in [4.69, 9.17) is 0 Å². The van der Waals surface area contributed by atoms with E-state index in [-0.39, 0.29) is 0 Å². The Hall–Kier alpha value is -1.58. The molecule has 0 saturated carbocycles. The van der Waals surface area contributed by atoms with Gasteiger partial charge in [0.2, 0.25) is 0 Å². The highest BCUT2D eigenvalue weighted by Crippen LogP contribution is 2.58. The second-order valence-corrected chi connectivity index (χ2v) is 8.28. The normalized spacial score (nSPS) is 38.8. The molecule has 4 bridgehead atoms. The Labute approximate surface area is 143 Å². The molecule has 6 rings (SSSR count). The third-order valence-electron chi connectivity index (χ3n) is 7.53. The van der Waals surface area contributed by atoms with Crippen LogP contribution in [0.5, 0.6) is 0 Å². The molecule has 3 fully saturated rings. The number of quaternary nitrogens is 1. The van der Waals surface area contributed by atoms with Crippen molar-refractivity contribution >= 4 is 10.9 Å².